The molecule has 25 heavy (non-hydrogen) atoms. The van der Waals surface area contributed by atoms with Gasteiger partial charge in [0.05, 0.1) is 25.5 Å². The highest BCUT2D eigenvalue weighted by Crippen LogP contribution is 2.31. The summed E-state index contributed by atoms with van der Waals surface area (Å²) in [4.78, 5) is 21.7. The predicted molar refractivity (Wildman–Crippen MR) is 93.9 cm³/mol. The van der Waals surface area contributed by atoms with Crippen molar-refractivity contribution >= 4 is 5.91 Å². The van der Waals surface area contributed by atoms with E-state index >= 15 is 0 Å². The van der Waals surface area contributed by atoms with Gasteiger partial charge in [0, 0.05) is 26.2 Å². The second-order valence-electron chi connectivity index (χ2n) is 7.54. The Hall–Kier alpha value is -1.66. The number of hydrogen-bond acceptors (Lipinski definition) is 5. The van der Waals surface area contributed by atoms with Crippen LogP contribution in [-0.4, -0.2) is 73.2 Å². The zero-order valence-corrected chi connectivity index (χ0v) is 14.9. The number of ether oxygens (including phenoxy) is 2. The normalized spacial score (nSPS) is 23.6. The molecule has 3 heterocycles. The van der Waals surface area contributed by atoms with Crippen LogP contribution in [0.3, 0.4) is 0 Å². The molecule has 2 fully saturated rings. The minimum Gasteiger partial charge on any atom is -0.492 e. The highest BCUT2D eigenvalue weighted by Gasteiger charge is 2.31. The highest BCUT2D eigenvalue weighted by atomic mass is 16.5. The van der Waals surface area contributed by atoms with E-state index in [4.69, 9.17) is 9.47 Å². The molecule has 0 aromatic carbocycles. The Morgan fingerprint density at radius 3 is 3.04 bits per heavy atom. The molecule has 3 aliphatic rings. The number of aryl methyl sites for hydroxylation is 1. The number of rotatable bonds is 5. The van der Waals surface area contributed by atoms with Crippen LogP contribution in [0.5, 0.6) is 5.75 Å². The molecule has 1 saturated heterocycles. The summed E-state index contributed by atoms with van der Waals surface area (Å²) in [5.41, 5.74) is 1.64. The Morgan fingerprint density at radius 2 is 2.24 bits per heavy atom. The molecule has 136 valence electrons. The van der Waals surface area contributed by atoms with Crippen LogP contribution in [0.1, 0.15) is 35.3 Å². The van der Waals surface area contributed by atoms with Crippen LogP contribution in [-0.2, 0) is 11.2 Å². The maximum Gasteiger partial charge on any atom is 0.272 e. The van der Waals surface area contributed by atoms with Gasteiger partial charge < -0.3 is 19.3 Å². The number of carbonyl (C=O) groups excluding carboxylic acids is 1. The zero-order valence-electron chi connectivity index (χ0n) is 14.9. The second-order valence-corrected chi connectivity index (χ2v) is 7.54. The molecule has 6 heteroatoms. The first kappa shape index (κ1) is 16.8. The van der Waals surface area contributed by atoms with Crippen LogP contribution >= 0.6 is 0 Å². The topological polar surface area (TPSA) is 54.9 Å². The molecule has 1 amide bonds. The molecule has 1 aliphatic carbocycles. The molecular formula is C19H27N3O3. The fraction of sp³-hybridized carbons (Fsp3) is 0.684. The summed E-state index contributed by atoms with van der Waals surface area (Å²) in [5, 5.41) is 0. The van der Waals surface area contributed by atoms with Crippen molar-refractivity contribution in [1.29, 1.82) is 0 Å². The van der Waals surface area contributed by atoms with Gasteiger partial charge in [0.1, 0.15) is 11.4 Å². The number of hydrogen-bond donors (Lipinski definition) is 0. The molecule has 0 radical (unpaired) electrons. The molecule has 0 bridgehead atoms. The van der Waals surface area contributed by atoms with Crippen LogP contribution in [0.25, 0.3) is 0 Å². The van der Waals surface area contributed by atoms with Gasteiger partial charge in [-0.1, -0.05) is 0 Å². The number of nitrogens with zero attached hydrogens (tertiary/aromatic N) is 3. The summed E-state index contributed by atoms with van der Waals surface area (Å²) >= 11 is 0. The Morgan fingerprint density at radius 1 is 1.36 bits per heavy atom. The van der Waals surface area contributed by atoms with Gasteiger partial charge in [-0.05, 0) is 50.3 Å². The van der Waals surface area contributed by atoms with Crippen molar-refractivity contribution in [1.82, 2.24) is 14.8 Å². The smallest absolute Gasteiger partial charge is 0.272 e. The van der Waals surface area contributed by atoms with Gasteiger partial charge in [0.2, 0.25) is 0 Å². The first-order chi connectivity index (χ1) is 12.2. The lowest BCUT2D eigenvalue weighted by Gasteiger charge is -2.34. The molecule has 1 aromatic rings. The summed E-state index contributed by atoms with van der Waals surface area (Å²) in [6.45, 7) is 4.77. The van der Waals surface area contributed by atoms with Crippen LogP contribution in [0.15, 0.2) is 12.3 Å². The van der Waals surface area contributed by atoms with E-state index in [0.29, 0.717) is 18.2 Å². The van der Waals surface area contributed by atoms with Gasteiger partial charge in [-0.2, -0.15) is 0 Å². The fourth-order valence-electron chi connectivity index (χ4n) is 3.61. The van der Waals surface area contributed by atoms with Crippen molar-refractivity contribution in [2.45, 2.75) is 31.8 Å². The first-order valence-electron chi connectivity index (χ1n) is 9.40. The number of likely N-dealkylation sites (N-methyl/N-ethyl adjacent to an activating group) is 1. The van der Waals surface area contributed by atoms with Crippen LogP contribution in [0.4, 0.5) is 0 Å². The maximum absolute atomic E-state index is 13.1. The summed E-state index contributed by atoms with van der Waals surface area (Å²) in [6.07, 6.45) is 6.20. The van der Waals surface area contributed by atoms with Gasteiger partial charge in [-0.3, -0.25) is 4.79 Å². The highest BCUT2D eigenvalue weighted by molar-refractivity contribution is 5.92. The molecule has 6 nitrogen and oxygen atoms in total. The summed E-state index contributed by atoms with van der Waals surface area (Å²) in [5.74, 6) is 1.50. The van der Waals surface area contributed by atoms with Crippen molar-refractivity contribution in [3.8, 4) is 5.75 Å². The average Bonchev–Trinajstić information content (AvgIpc) is 3.44. The van der Waals surface area contributed by atoms with E-state index < -0.39 is 0 Å². The van der Waals surface area contributed by atoms with E-state index in [-0.39, 0.29) is 12.0 Å². The van der Waals surface area contributed by atoms with Crippen LogP contribution in [0.2, 0.25) is 0 Å². The summed E-state index contributed by atoms with van der Waals surface area (Å²) in [7, 11) is 2.10. The van der Waals surface area contributed by atoms with E-state index in [9.17, 15) is 4.79 Å². The van der Waals surface area contributed by atoms with Gasteiger partial charge in [-0.15, -0.1) is 0 Å². The Labute approximate surface area is 149 Å². The number of pyridine rings is 1. The molecule has 0 unspecified atom stereocenters. The lowest BCUT2D eigenvalue weighted by atomic mass is 10.1. The molecule has 4 rings (SSSR count). The van der Waals surface area contributed by atoms with Gasteiger partial charge in [-0.25, -0.2) is 4.98 Å². The Bertz CT molecular complexity index is 632. The second kappa shape index (κ2) is 7.30. The van der Waals surface area contributed by atoms with E-state index in [1.54, 1.807) is 6.20 Å². The molecular weight excluding hydrogens is 318 g/mol. The number of aromatic nitrogens is 1. The lowest BCUT2D eigenvalue weighted by Crippen LogP contribution is -2.48. The van der Waals surface area contributed by atoms with Crippen molar-refractivity contribution < 1.29 is 14.3 Å². The van der Waals surface area contributed by atoms with Crippen LogP contribution in [0, 0.1) is 5.92 Å². The van der Waals surface area contributed by atoms with E-state index in [1.165, 1.54) is 12.8 Å². The zero-order chi connectivity index (χ0) is 17.2. The minimum absolute atomic E-state index is 0.0251. The largest absolute Gasteiger partial charge is 0.492 e. The SMILES string of the molecule is CN1CCO[C@@H](CN(CC2CC2)C(=O)c2cc3c(cn2)OCCC3)C1. The monoisotopic (exact) mass is 345 g/mol. The minimum atomic E-state index is 0.0251. The van der Waals surface area contributed by atoms with E-state index in [2.05, 4.69) is 16.9 Å². The standard InChI is InChI=1S/C19H27N3O3/c1-21-6-8-24-16(12-21)13-22(11-14-4-5-14)19(23)17-9-15-3-2-7-25-18(15)10-20-17/h9-10,14,16H,2-8,11-13H2,1H3/t16-/m1/s1. The van der Waals surface area contributed by atoms with E-state index in [1.807, 2.05) is 11.0 Å². The van der Waals surface area contributed by atoms with Crippen molar-refractivity contribution in [2.75, 3.05) is 46.4 Å². The van der Waals surface area contributed by atoms with Crippen molar-refractivity contribution in [3.63, 3.8) is 0 Å². The number of carbonyl (C=O) groups is 1. The molecule has 1 saturated carbocycles. The Balaban J connectivity index is 1.48. The number of morpholine rings is 1. The molecule has 2 aliphatic heterocycles. The molecule has 0 N–H and O–H groups in total. The molecule has 0 spiro atoms. The quantitative estimate of drug-likeness (QED) is 0.811. The molecule has 1 atom stereocenters. The van der Waals surface area contributed by atoms with Gasteiger partial charge >= 0.3 is 0 Å². The van der Waals surface area contributed by atoms with Crippen LogP contribution < -0.4 is 4.74 Å². The average molecular weight is 345 g/mol. The van der Waals surface area contributed by atoms with E-state index in [0.717, 1.165) is 57.0 Å². The van der Waals surface area contributed by atoms with Gasteiger partial charge in [0.15, 0.2) is 0 Å². The lowest BCUT2D eigenvalue weighted by molar-refractivity contribution is -0.0332. The van der Waals surface area contributed by atoms with Gasteiger partial charge in [0.25, 0.3) is 5.91 Å². The summed E-state index contributed by atoms with van der Waals surface area (Å²) in [6, 6.07) is 1.92. The Kier molecular flexibility index (Phi) is 4.90. The maximum atomic E-state index is 13.1. The number of fused-ring (bicyclic) bond motifs is 1. The van der Waals surface area contributed by atoms with Crippen molar-refractivity contribution in [3.05, 3.63) is 23.5 Å². The first-order valence-corrected chi connectivity index (χ1v) is 9.40. The molecule has 1 aromatic heterocycles. The third kappa shape index (κ3) is 4.12. The third-order valence-electron chi connectivity index (χ3n) is 5.24. The number of amides is 1. The predicted octanol–water partition coefficient (Wildman–Crippen LogP) is 1.59. The third-order valence-corrected chi connectivity index (χ3v) is 5.24. The summed E-state index contributed by atoms with van der Waals surface area (Å²) < 4.78 is 11.5. The van der Waals surface area contributed by atoms with Crippen molar-refractivity contribution in [2.24, 2.45) is 5.92 Å². The fourth-order valence-corrected chi connectivity index (χ4v) is 3.61.